The van der Waals surface area contributed by atoms with Crippen molar-refractivity contribution >= 4 is 101 Å². The van der Waals surface area contributed by atoms with Crippen molar-refractivity contribution in [3.8, 4) is 34.5 Å². The monoisotopic (exact) mass is 1210 g/mol. The Balaban J connectivity index is 0.000000143. The van der Waals surface area contributed by atoms with E-state index < -0.39 is 11.6 Å². The maximum absolute atomic E-state index is 16.7. The van der Waals surface area contributed by atoms with E-state index >= 15 is 8.78 Å². The summed E-state index contributed by atoms with van der Waals surface area (Å²) in [7, 11) is 0. The molecule has 8 aliphatic rings. The average molecular weight is 1220 g/mol. The third-order valence-corrected chi connectivity index (χ3v) is 21.2. The fraction of sp³-hybridized carbons (Fsp3) is 0.469. The number of halogens is 6. The summed E-state index contributed by atoms with van der Waals surface area (Å²) in [5.74, 6) is 1.65. The van der Waals surface area contributed by atoms with Gasteiger partial charge < -0.3 is 29.9 Å². The number of rotatable bonds is 12. The van der Waals surface area contributed by atoms with Crippen LogP contribution in [0.1, 0.15) is 77.0 Å². The van der Waals surface area contributed by atoms with Gasteiger partial charge in [0.05, 0.1) is 21.9 Å². The summed E-state index contributed by atoms with van der Waals surface area (Å²) >= 11 is 25.8. The average Bonchev–Trinajstić information content (AvgIpc) is 4.00. The molecule has 14 nitrogen and oxygen atoms in total. The number of anilines is 2. The van der Waals surface area contributed by atoms with Gasteiger partial charge in [0.25, 0.3) is 0 Å². The van der Waals surface area contributed by atoms with Crippen LogP contribution in [0.4, 0.5) is 20.4 Å². The Morgan fingerprint density at radius 2 is 0.929 bits per heavy atom. The van der Waals surface area contributed by atoms with Gasteiger partial charge in [-0.2, -0.15) is 19.9 Å². The summed E-state index contributed by atoms with van der Waals surface area (Å²) < 4.78 is 46.2. The molecule has 2 N–H and O–H groups in total. The first kappa shape index (κ1) is 55.0. The van der Waals surface area contributed by atoms with Crippen LogP contribution in [0.25, 0.3) is 65.9 Å². The standard InChI is InChI=1S/2C32H33Cl2FN6O/c2*33-14-22-10-12-32(11-3-13-41(22)32)18-42-31-38-29-24(30(39-31)40-16-20-8-9-21(17-40)37-20)15-36-28(27(29)35)23-6-1-4-19-5-2-7-25(34)26(19)23/h2*1-2,4-7,15,20-22,37H,3,8-14,16-18H2. The molecule has 12 heterocycles. The molecule has 8 fully saturated rings. The van der Waals surface area contributed by atoms with Gasteiger partial charge in [-0.15, -0.1) is 23.2 Å². The van der Waals surface area contributed by atoms with Crippen LogP contribution in [0.3, 0.4) is 0 Å². The highest BCUT2D eigenvalue weighted by atomic mass is 35.5. The van der Waals surface area contributed by atoms with Gasteiger partial charge in [0.1, 0.15) is 47.3 Å². The number of hydrogen-bond donors (Lipinski definition) is 2. The Kier molecular flexibility index (Phi) is 14.6. The minimum absolute atomic E-state index is 0.0617. The van der Waals surface area contributed by atoms with Crippen molar-refractivity contribution < 1.29 is 18.3 Å². The van der Waals surface area contributed by atoms with E-state index in [1.54, 1.807) is 12.4 Å². The zero-order valence-electron chi connectivity index (χ0n) is 46.7. The van der Waals surface area contributed by atoms with Gasteiger partial charge >= 0.3 is 12.0 Å². The molecule has 0 amide bonds. The summed E-state index contributed by atoms with van der Waals surface area (Å²) in [5, 5.41) is 13.1. The van der Waals surface area contributed by atoms with Crippen molar-refractivity contribution in [3.63, 3.8) is 0 Å². The van der Waals surface area contributed by atoms with E-state index in [2.05, 4.69) is 40.2 Å². The summed E-state index contributed by atoms with van der Waals surface area (Å²) in [6, 6.07) is 25.6. The van der Waals surface area contributed by atoms with Crippen LogP contribution in [0.5, 0.6) is 12.0 Å². The normalized spacial score (nSPS) is 27.3. The van der Waals surface area contributed by atoms with Crippen molar-refractivity contribution in [1.82, 2.24) is 50.3 Å². The van der Waals surface area contributed by atoms with Crippen LogP contribution in [0.2, 0.25) is 10.0 Å². The molecule has 8 aliphatic heterocycles. The minimum Gasteiger partial charge on any atom is -0.461 e. The molecule has 0 saturated carbocycles. The van der Waals surface area contributed by atoms with Crippen molar-refractivity contribution in [2.24, 2.45) is 0 Å². The first-order valence-corrected chi connectivity index (χ1v) is 31.9. The van der Waals surface area contributed by atoms with Gasteiger partial charge in [0.15, 0.2) is 11.6 Å². The molecule has 20 heteroatoms. The SMILES string of the molecule is Fc1c(-c2cccc3cccc(Cl)c23)ncc2c(N3CC4CCC(C3)N4)nc(OCC34CCCN3C(CCl)CC4)nc12.Fc1c(-c2cccc3cccc(Cl)c23)ncc2c(N3CC4CCC(C3)N4)nc(OCC34CCCN3C(CCl)CC4)nc12. The van der Waals surface area contributed by atoms with Crippen molar-refractivity contribution in [3.05, 3.63) is 107 Å². The van der Waals surface area contributed by atoms with Gasteiger partial charge in [0.2, 0.25) is 0 Å². The Labute approximate surface area is 506 Å². The molecule has 8 saturated heterocycles. The summed E-state index contributed by atoms with van der Waals surface area (Å²) in [5.41, 5.74) is 2.04. The Bertz CT molecular complexity index is 3590. The fourth-order valence-corrected chi connectivity index (χ4v) is 17.1. The lowest BCUT2D eigenvalue weighted by atomic mass is 9.95. The predicted molar refractivity (Wildman–Crippen MR) is 331 cm³/mol. The number of ether oxygens (including phenoxy) is 2. The fourth-order valence-electron chi connectivity index (χ4n) is 15.9. The largest absolute Gasteiger partial charge is 0.461 e. The number of hydrogen-bond acceptors (Lipinski definition) is 14. The molecule has 8 aromatic rings. The summed E-state index contributed by atoms with van der Waals surface area (Å²) in [6.07, 6.45) is 16.5. The van der Waals surface area contributed by atoms with E-state index in [-0.39, 0.29) is 45.5 Å². The van der Waals surface area contributed by atoms with Gasteiger partial charge in [-0.05, 0) is 113 Å². The maximum atomic E-state index is 16.7. The molecule has 8 unspecified atom stereocenters. The van der Waals surface area contributed by atoms with Gasteiger partial charge in [-0.1, -0.05) is 83.9 Å². The quantitative estimate of drug-likeness (QED) is 0.112. The van der Waals surface area contributed by atoms with Crippen LogP contribution in [-0.4, -0.2) is 151 Å². The van der Waals surface area contributed by atoms with E-state index in [0.29, 0.717) is 105 Å². The Morgan fingerprint density at radius 1 is 0.524 bits per heavy atom. The number of benzene rings is 4. The van der Waals surface area contributed by atoms with Gasteiger partial charge in [-0.3, -0.25) is 19.8 Å². The van der Waals surface area contributed by atoms with Crippen LogP contribution >= 0.6 is 46.4 Å². The lowest BCUT2D eigenvalue weighted by Gasteiger charge is -2.35. The van der Waals surface area contributed by atoms with Crippen LogP contribution < -0.4 is 29.9 Å². The Morgan fingerprint density at radius 3 is 1.33 bits per heavy atom. The molecule has 0 radical (unpaired) electrons. The highest BCUT2D eigenvalue weighted by Gasteiger charge is 2.51. The highest BCUT2D eigenvalue weighted by molar-refractivity contribution is 6.37. The van der Waals surface area contributed by atoms with Crippen LogP contribution in [-0.2, 0) is 0 Å². The van der Waals surface area contributed by atoms with E-state index in [1.165, 1.54) is 0 Å². The van der Waals surface area contributed by atoms with Gasteiger partial charge in [-0.25, -0.2) is 8.78 Å². The zero-order valence-corrected chi connectivity index (χ0v) is 49.7. The molecule has 4 aromatic carbocycles. The van der Waals surface area contributed by atoms with Crippen molar-refractivity contribution in [2.75, 3.05) is 74.0 Å². The molecule has 0 spiro atoms. The number of alkyl halides is 2. The van der Waals surface area contributed by atoms with E-state index in [0.717, 1.165) is 138 Å². The second-order valence-electron chi connectivity index (χ2n) is 24.7. The third-order valence-electron chi connectivity index (χ3n) is 19.9. The number of piperazine rings is 2. The van der Waals surface area contributed by atoms with Crippen molar-refractivity contribution in [1.29, 1.82) is 0 Å². The second-order valence-corrected chi connectivity index (χ2v) is 26.1. The molecule has 84 heavy (non-hydrogen) atoms. The van der Waals surface area contributed by atoms with Crippen LogP contribution in [0.15, 0.2) is 85.2 Å². The third kappa shape index (κ3) is 9.64. The second kappa shape index (κ2) is 22.3. The number of fused-ring (bicyclic) bond motifs is 10. The highest BCUT2D eigenvalue weighted by Crippen LogP contribution is 2.46. The van der Waals surface area contributed by atoms with E-state index in [1.807, 2.05) is 72.8 Å². The number of aromatic nitrogens is 6. The topological polar surface area (TPSA) is 133 Å². The molecule has 16 rings (SSSR count). The molecule has 436 valence electrons. The Hall–Kier alpha value is -5.56. The van der Waals surface area contributed by atoms with Crippen molar-refractivity contribution in [2.45, 2.75) is 124 Å². The predicted octanol–water partition coefficient (Wildman–Crippen LogP) is 12.4. The minimum atomic E-state index is -0.491. The van der Waals surface area contributed by atoms with Crippen LogP contribution in [0, 0.1) is 11.6 Å². The van der Waals surface area contributed by atoms with E-state index in [4.69, 9.17) is 75.8 Å². The molecule has 0 aliphatic carbocycles. The first-order chi connectivity index (χ1) is 41.1. The van der Waals surface area contributed by atoms with E-state index in [9.17, 15) is 0 Å². The smallest absolute Gasteiger partial charge is 0.319 e. The number of pyridine rings is 2. The molecular weight excluding hydrogens is 1150 g/mol. The lowest BCUT2D eigenvalue weighted by molar-refractivity contribution is 0.0896. The lowest BCUT2D eigenvalue weighted by Crippen LogP contribution is -2.51. The molecule has 4 bridgehead atoms. The van der Waals surface area contributed by atoms with Gasteiger partial charge in [0, 0.05) is 119 Å². The first-order valence-electron chi connectivity index (χ1n) is 30.1. The zero-order chi connectivity index (χ0) is 56.8. The molecule has 8 atom stereocenters. The summed E-state index contributed by atoms with van der Waals surface area (Å²) in [6.45, 7) is 6.22. The maximum Gasteiger partial charge on any atom is 0.319 e. The number of nitrogens with zero attached hydrogens (tertiary/aromatic N) is 10. The number of nitrogens with one attached hydrogen (secondary N) is 2. The molecule has 4 aromatic heterocycles. The summed E-state index contributed by atoms with van der Waals surface area (Å²) in [4.78, 5) is 38.2. The molecular formula is C64H66Cl4F2N12O2.